The first-order valence-electron chi connectivity index (χ1n) is 4.35. The first-order chi connectivity index (χ1) is 5.36. The normalized spacial score (nSPS) is 30.9. The minimum atomic E-state index is -0.651. The first-order valence-corrected chi connectivity index (χ1v) is 4.35. The highest BCUT2D eigenvalue weighted by molar-refractivity contribution is 5.81. The molecule has 1 saturated heterocycles. The summed E-state index contributed by atoms with van der Waals surface area (Å²) in [4.78, 5) is 13.1. The number of rotatable bonds is 1. The van der Waals surface area contributed by atoms with Gasteiger partial charge in [-0.25, -0.2) is 0 Å². The van der Waals surface area contributed by atoms with Crippen LogP contribution in [-0.2, 0) is 4.79 Å². The Balaban J connectivity index is 2.81. The largest absolute Gasteiger partial charge is 0.374 e. The van der Waals surface area contributed by atoms with Crippen LogP contribution in [0.3, 0.4) is 0 Å². The molecule has 0 spiro atoms. The Morgan fingerprint density at radius 2 is 2.17 bits per heavy atom. The van der Waals surface area contributed by atoms with Crippen LogP contribution in [0.5, 0.6) is 0 Å². The molecule has 0 aliphatic carbocycles. The Hall–Kier alpha value is -0.570. The third-order valence-corrected chi connectivity index (χ3v) is 2.85. The number of hydrogen-bond donors (Lipinski definition) is 1. The van der Waals surface area contributed by atoms with Crippen molar-refractivity contribution in [2.45, 2.75) is 33.9 Å². The van der Waals surface area contributed by atoms with Gasteiger partial charge in [0, 0.05) is 12.5 Å². The van der Waals surface area contributed by atoms with Crippen molar-refractivity contribution in [1.82, 2.24) is 4.90 Å². The SMILES string of the molecule is CC1C(=O)N([C@H](C)O)CC1(C)C. The average Bonchev–Trinajstić information content (AvgIpc) is 2.14. The number of carbonyl (C=O) groups excluding carboxylic acids is 1. The van der Waals surface area contributed by atoms with Crippen molar-refractivity contribution in [3.63, 3.8) is 0 Å². The predicted octanol–water partition coefficient (Wildman–Crippen LogP) is 0.829. The molecule has 0 bridgehead atoms. The van der Waals surface area contributed by atoms with Gasteiger partial charge in [0.1, 0.15) is 6.23 Å². The molecule has 12 heavy (non-hydrogen) atoms. The van der Waals surface area contributed by atoms with Crippen molar-refractivity contribution in [3.05, 3.63) is 0 Å². The highest BCUT2D eigenvalue weighted by Gasteiger charge is 2.44. The lowest BCUT2D eigenvalue weighted by molar-refractivity contribution is -0.138. The van der Waals surface area contributed by atoms with Crippen molar-refractivity contribution in [2.75, 3.05) is 6.54 Å². The maximum absolute atomic E-state index is 11.5. The molecule has 1 fully saturated rings. The van der Waals surface area contributed by atoms with Crippen LogP contribution < -0.4 is 0 Å². The summed E-state index contributed by atoms with van der Waals surface area (Å²) in [7, 11) is 0. The lowest BCUT2D eigenvalue weighted by Crippen LogP contribution is -2.35. The molecule has 1 aliphatic heterocycles. The van der Waals surface area contributed by atoms with Gasteiger partial charge in [0.2, 0.25) is 5.91 Å². The van der Waals surface area contributed by atoms with Crippen LogP contribution in [0, 0.1) is 11.3 Å². The third-order valence-electron chi connectivity index (χ3n) is 2.85. The second-order valence-electron chi connectivity index (χ2n) is 4.31. The van der Waals surface area contributed by atoms with E-state index in [2.05, 4.69) is 13.8 Å². The van der Waals surface area contributed by atoms with Gasteiger partial charge in [0.05, 0.1) is 0 Å². The van der Waals surface area contributed by atoms with Gasteiger partial charge in [0.25, 0.3) is 0 Å². The molecule has 0 radical (unpaired) electrons. The molecule has 3 heteroatoms. The van der Waals surface area contributed by atoms with Crippen LogP contribution >= 0.6 is 0 Å². The fraction of sp³-hybridized carbons (Fsp3) is 0.889. The number of nitrogens with zero attached hydrogens (tertiary/aromatic N) is 1. The Labute approximate surface area is 73.4 Å². The number of aliphatic hydroxyl groups excluding tert-OH is 1. The summed E-state index contributed by atoms with van der Waals surface area (Å²) in [6.07, 6.45) is -0.651. The number of likely N-dealkylation sites (tertiary alicyclic amines) is 1. The number of amides is 1. The summed E-state index contributed by atoms with van der Waals surface area (Å²) in [5.41, 5.74) is -0.00588. The maximum atomic E-state index is 11.5. The van der Waals surface area contributed by atoms with Gasteiger partial charge in [-0.3, -0.25) is 4.79 Å². The van der Waals surface area contributed by atoms with E-state index in [9.17, 15) is 9.90 Å². The zero-order valence-corrected chi connectivity index (χ0v) is 8.16. The second-order valence-corrected chi connectivity index (χ2v) is 4.31. The Morgan fingerprint density at radius 1 is 1.67 bits per heavy atom. The third kappa shape index (κ3) is 1.33. The summed E-state index contributed by atoms with van der Waals surface area (Å²) in [5.74, 6) is 0.0853. The van der Waals surface area contributed by atoms with Gasteiger partial charge in [-0.2, -0.15) is 0 Å². The molecule has 70 valence electrons. The molecule has 0 aromatic heterocycles. The van der Waals surface area contributed by atoms with E-state index in [4.69, 9.17) is 0 Å². The van der Waals surface area contributed by atoms with Crippen LogP contribution in [0.2, 0.25) is 0 Å². The van der Waals surface area contributed by atoms with E-state index >= 15 is 0 Å². The van der Waals surface area contributed by atoms with Gasteiger partial charge in [-0.05, 0) is 12.3 Å². The van der Waals surface area contributed by atoms with Crippen LogP contribution in [-0.4, -0.2) is 28.7 Å². The molecule has 2 atom stereocenters. The number of aliphatic hydroxyl groups is 1. The van der Waals surface area contributed by atoms with Gasteiger partial charge >= 0.3 is 0 Å². The van der Waals surface area contributed by atoms with Crippen molar-refractivity contribution in [1.29, 1.82) is 0 Å². The van der Waals surface area contributed by atoms with E-state index in [-0.39, 0.29) is 17.2 Å². The molecule has 0 saturated carbocycles. The second kappa shape index (κ2) is 2.73. The minimum absolute atomic E-state index is 0.00588. The molecule has 1 unspecified atom stereocenters. The van der Waals surface area contributed by atoms with E-state index in [0.717, 1.165) is 0 Å². The molecular formula is C9H17NO2. The van der Waals surface area contributed by atoms with Gasteiger partial charge in [0.15, 0.2) is 0 Å². The molecule has 1 rings (SSSR count). The molecule has 3 nitrogen and oxygen atoms in total. The molecular weight excluding hydrogens is 154 g/mol. The van der Waals surface area contributed by atoms with Crippen molar-refractivity contribution >= 4 is 5.91 Å². The van der Waals surface area contributed by atoms with Crippen molar-refractivity contribution in [3.8, 4) is 0 Å². The highest BCUT2D eigenvalue weighted by atomic mass is 16.3. The van der Waals surface area contributed by atoms with E-state index in [1.54, 1.807) is 6.92 Å². The zero-order chi connectivity index (χ0) is 9.52. The van der Waals surface area contributed by atoms with Crippen LogP contribution in [0.1, 0.15) is 27.7 Å². The lowest BCUT2D eigenvalue weighted by Gasteiger charge is -2.22. The Bertz CT molecular complexity index is 199. The zero-order valence-electron chi connectivity index (χ0n) is 8.16. The smallest absolute Gasteiger partial charge is 0.228 e. The number of carbonyl (C=O) groups is 1. The van der Waals surface area contributed by atoms with Crippen molar-refractivity contribution < 1.29 is 9.90 Å². The van der Waals surface area contributed by atoms with E-state index in [1.807, 2.05) is 6.92 Å². The van der Waals surface area contributed by atoms with E-state index < -0.39 is 6.23 Å². The van der Waals surface area contributed by atoms with Crippen molar-refractivity contribution in [2.24, 2.45) is 11.3 Å². The summed E-state index contributed by atoms with van der Waals surface area (Å²) in [6.45, 7) is 8.32. The topological polar surface area (TPSA) is 40.5 Å². The quantitative estimate of drug-likeness (QED) is 0.634. The molecule has 1 heterocycles. The Kier molecular flexibility index (Phi) is 2.17. The predicted molar refractivity (Wildman–Crippen MR) is 46.3 cm³/mol. The molecule has 1 N–H and O–H groups in total. The summed E-state index contributed by atoms with van der Waals surface area (Å²) in [6, 6.07) is 0. The molecule has 0 aromatic carbocycles. The van der Waals surface area contributed by atoms with Gasteiger partial charge in [-0.15, -0.1) is 0 Å². The summed E-state index contributed by atoms with van der Waals surface area (Å²) >= 11 is 0. The Morgan fingerprint density at radius 3 is 2.33 bits per heavy atom. The van der Waals surface area contributed by atoms with Crippen LogP contribution in [0.25, 0.3) is 0 Å². The summed E-state index contributed by atoms with van der Waals surface area (Å²) < 4.78 is 0. The van der Waals surface area contributed by atoms with E-state index in [1.165, 1.54) is 4.90 Å². The molecule has 1 amide bonds. The fourth-order valence-corrected chi connectivity index (χ4v) is 1.55. The van der Waals surface area contributed by atoms with Gasteiger partial charge in [-0.1, -0.05) is 20.8 Å². The van der Waals surface area contributed by atoms with Gasteiger partial charge < -0.3 is 10.0 Å². The monoisotopic (exact) mass is 171 g/mol. The minimum Gasteiger partial charge on any atom is -0.374 e. The van der Waals surface area contributed by atoms with Crippen LogP contribution in [0.4, 0.5) is 0 Å². The standard InChI is InChI=1S/C9H17NO2/c1-6-8(12)10(7(2)11)5-9(6,3)4/h6-7,11H,5H2,1-4H3/t6?,7-/m0/s1. The van der Waals surface area contributed by atoms with E-state index in [0.29, 0.717) is 6.54 Å². The lowest BCUT2D eigenvalue weighted by atomic mass is 9.83. The highest BCUT2D eigenvalue weighted by Crippen LogP contribution is 2.36. The summed E-state index contributed by atoms with van der Waals surface area (Å²) in [5, 5.41) is 9.28. The average molecular weight is 171 g/mol. The maximum Gasteiger partial charge on any atom is 0.228 e. The van der Waals surface area contributed by atoms with Crippen LogP contribution in [0.15, 0.2) is 0 Å². The molecule has 1 aliphatic rings. The fourth-order valence-electron chi connectivity index (χ4n) is 1.55. The molecule has 0 aromatic rings. The first kappa shape index (κ1) is 9.52. The number of hydrogen-bond acceptors (Lipinski definition) is 2.